The summed E-state index contributed by atoms with van der Waals surface area (Å²) in [5.41, 5.74) is 7.83. The van der Waals surface area contributed by atoms with Gasteiger partial charge in [-0.2, -0.15) is 5.26 Å². The second-order valence-electron chi connectivity index (χ2n) is 4.00. The predicted octanol–water partition coefficient (Wildman–Crippen LogP) is 1.45. The van der Waals surface area contributed by atoms with Crippen molar-refractivity contribution in [3.8, 4) is 6.07 Å². The van der Waals surface area contributed by atoms with Crippen LogP contribution in [0.25, 0.3) is 11.0 Å². The van der Waals surface area contributed by atoms with Crippen LogP contribution in [0.5, 0.6) is 0 Å². The zero-order chi connectivity index (χ0) is 11.5. The van der Waals surface area contributed by atoms with E-state index in [1.165, 1.54) is 0 Å². The molecule has 2 rings (SSSR count). The summed E-state index contributed by atoms with van der Waals surface area (Å²) in [5, 5.41) is 9.84. The summed E-state index contributed by atoms with van der Waals surface area (Å²) in [5.74, 6) is 0. The lowest BCUT2D eigenvalue weighted by atomic mass is 10.1. The summed E-state index contributed by atoms with van der Waals surface area (Å²) in [6.07, 6.45) is 4.52. The van der Waals surface area contributed by atoms with Crippen LogP contribution in [0.15, 0.2) is 24.5 Å². The van der Waals surface area contributed by atoms with Crippen molar-refractivity contribution in [3.05, 3.63) is 30.1 Å². The molecular formula is C12H14N4. The molecule has 1 atom stereocenters. The number of rotatable bonds is 3. The molecule has 2 N–H and O–H groups in total. The maximum atomic E-state index is 8.75. The van der Waals surface area contributed by atoms with Gasteiger partial charge in [-0.25, -0.2) is 4.98 Å². The van der Waals surface area contributed by atoms with Gasteiger partial charge in [-0.1, -0.05) is 0 Å². The third-order valence-electron chi connectivity index (χ3n) is 2.50. The van der Waals surface area contributed by atoms with E-state index in [2.05, 4.69) is 11.1 Å². The largest absolute Gasteiger partial charge is 0.328 e. The summed E-state index contributed by atoms with van der Waals surface area (Å²) in [6.45, 7) is 2.30. The molecule has 0 amide bonds. The van der Waals surface area contributed by atoms with Crippen LogP contribution < -0.4 is 5.73 Å². The van der Waals surface area contributed by atoms with Crippen molar-refractivity contribution in [3.63, 3.8) is 0 Å². The van der Waals surface area contributed by atoms with Gasteiger partial charge in [0.25, 0.3) is 0 Å². The molecule has 0 fully saturated rings. The molecule has 0 aliphatic carbocycles. The van der Waals surface area contributed by atoms with Crippen LogP contribution in [0.1, 0.15) is 12.5 Å². The van der Waals surface area contributed by atoms with Gasteiger partial charge >= 0.3 is 0 Å². The minimum Gasteiger partial charge on any atom is -0.328 e. The molecule has 0 bridgehead atoms. The summed E-state index contributed by atoms with van der Waals surface area (Å²) >= 11 is 0. The average Bonchev–Trinajstić information content (AvgIpc) is 2.58. The van der Waals surface area contributed by atoms with E-state index in [9.17, 15) is 0 Å². The Hall–Kier alpha value is -1.86. The molecule has 4 nitrogen and oxygen atoms in total. The fourth-order valence-corrected chi connectivity index (χ4v) is 1.90. The first-order chi connectivity index (χ1) is 7.72. The average molecular weight is 214 g/mol. The number of nitriles is 1. The minimum absolute atomic E-state index is 0.112. The fourth-order valence-electron chi connectivity index (χ4n) is 1.90. The Balaban J connectivity index is 2.54. The van der Waals surface area contributed by atoms with Crippen LogP contribution in [0, 0.1) is 11.3 Å². The number of hydrogen-bond acceptors (Lipinski definition) is 3. The molecule has 0 aliphatic heterocycles. The van der Waals surface area contributed by atoms with Crippen LogP contribution in [-0.4, -0.2) is 15.6 Å². The van der Waals surface area contributed by atoms with Crippen LogP contribution in [0.2, 0.25) is 0 Å². The van der Waals surface area contributed by atoms with Crippen molar-refractivity contribution in [1.82, 2.24) is 9.55 Å². The van der Waals surface area contributed by atoms with Crippen LogP contribution in [0.4, 0.5) is 0 Å². The van der Waals surface area contributed by atoms with Crippen molar-refractivity contribution >= 4 is 11.0 Å². The highest BCUT2D eigenvalue weighted by molar-refractivity contribution is 5.80. The van der Waals surface area contributed by atoms with E-state index in [0.717, 1.165) is 23.0 Å². The third kappa shape index (κ3) is 1.90. The first kappa shape index (κ1) is 10.7. The highest BCUT2D eigenvalue weighted by Gasteiger charge is 2.09. The lowest BCUT2D eigenvalue weighted by molar-refractivity contribution is 0.736. The Bertz CT molecular complexity index is 533. The maximum absolute atomic E-state index is 8.75. The van der Waals surface area contributed by atoms with Crippen molar-refractivity contribution in [2.75, 3.05) is 0 Å². The smallest absolute Gasteiger partial charge is 0.141 e. The summed E-state index contributed by atoms with van der Waals surface area (Å²) in [7, 11) is 0. The summed E-state index contributed by atoms with van der Waals surface area (Å²) in [6, 6.07) is 6.18. The van der Waals surface area contributed by atoms with Crippen LogP contribution in [-0.2, 0) is 13.0 Å². The van der Waals surface area contributed by atoms with E-state index in [-0.39, 0.29) is 6.04 Å². The van der Waals surface area contributed by atoms with E-state index in [1.807, 2.05) is 29.8 Å². The number of nitrogens with two attached hydrogens (primary N) is 1. The number of nitrogens with zero attached hydrogens (tertiary/aromatic N) is 3. The number of fused-ring (bicyclic) bond motifs is 1. The molecule has 4 heteroatoms. The SMILES string of the molecule is CC(N)Cc1cn(CC#N)c2ncccc12. The molecule has 16 heavy (non-hydrogen) atoms. The molecule has 0 aromatic carbocycles. The topological polar surface area (TPSA) is 67.6 Å². The van der Waals surface area contributed by atoms with Crippen molar-refractivity contribution in [1.29, 1.82) is 5.26 Å². The molecule has 2 aromatic heterocycles. The first-order valence-corrected chi connectivity index (χ1v) is 5.27. The molecule has 2 heterocycles. The van der Waals surface area contributed by atoms with Gasteiger partial charge in [0.05, 0.1) is 6.07 Å². The van der Waals surface area contributed by atoms with E-state index in [4.69, 9.17) is 11.0 Å². The second kappa shape index (κ2) is 4.33. The van der Waals surface area contributed by atoms with Gasteiger partial charge in [0, 0.05) is 23.8 Å². The predicted molar refractivity (Wildman–Crippen MR) is 62.7 cm³/mol. The molecule has 2 aromatic rings. The van der Waals surface area contributed by atoms with Crippen molar-refractivity contribution < 1.29 is 0 Å². The van der Waals surface area contributed by atoms with Gasteiger partial charge in [0.2, 0.25) is 0 Å². The van der Waals surface area contributed by atoms with Gasteiger partial charge in [0.15, 0.2) is 0 Å². The summed E-state index contributed by atoms with van der Waals surface area (Å²) in [4.78, 5) is 4.30. The van der Waals surface area contributed by atoms with Crippen LogP contribution >= 0.6 is 0 Å². The molecule has 0 saturated heterocycles. The van der Waals surface area contributed by atoms with E-state index >= 15 is 0 Å². The molecule has 0 aliphatic rings. The quantitative estimate of drug-likeness (QED) is 0.840. The Morgan fingerprint density at radius 2 is 2.44 bits per heavy atom. The first-order valence-electron chi connectivity index (χ1n) is 5.27. The van der Waals surface area contributed by atoms with E-state index in [1.54, 1.807) is 6.20 Å². The molecule has 1 unspecified atom stereocenters. The third-order valence-corrected chi connectivity index (χ3v) is 2.50. The Morgan fingerprint density at radius 3 is 3.12 bits per heavy atom. The zero-order valence-corrected chi connectivity index (χ0v) is 9.22. The Labute approximate surface area is 94.3 Å². The molecule has 0 saturated carbocycles. The van der Waals surface area contributed by atoms with Crippen molar-refractivity contribution in [2.45, 2.75) is 25.9 Å². The normalized spacial score (nSPS) is 12.6. The minimum atomic E-state index is 0.112. The molecule has 0 spiro atoms. The zero-order valence-electron chi connectivity index (χ0n) is 9.22. The monoisotopic (exact) mass is 214 g/mol. The van der Waals surface area contributed by atoms with Gasteiger partial charge in [-0.3, -0.25) is 0 Å². The Kier molecular flexibility index (Phi) is 2.88. The van der Waals surface area contributed by atoms with E-state index in [0.29, 0.717) is 6.54 Å². The number of pyridine rings is 1. The molecular weight excluding hydrogens is 200 g/mol. The second-order valence-corrected chi connectivity index (χ2v) is 4.00. The number of aromatic nitrogens is 2. The highest BCUT2D eigenvalue weighted by Crippen LogP contribution is 2.20. The molecule has 82 valence electrons. The molecule has 0 radical (unpaired) electrons. The van der Waals surface area contributed by atoms with Gasteiger partial charge in [-0.05, 0) is 31.0 Å². The summed E-state index contributed by atoms with van der Waals surface area (Å²) < 4.78 is 1.87. The van der Waals surface area contributed by atoms with Gasteiger partial charge < -0.3 is 10.3 Å². The van der Waals surface area contributed by atoms with Crippen molar-refractivity contribution in [2.24, 2.45) is 5.73 Å². The number of hydrogen-bond donors (Lipinski definition) is 1. The lowest BCUT2D eigenvalue weighted by Crippen LogP contribution is -2.17. The van der Waals surface area contributed by atoms with E-state index < -0.39 is 0 Å². The van der Waals surface area contributed by atoms with Gasteiger partial charge in [0.1, 0.15) is 12.2 Å². The maximum Gasteiger partial charge on any atom is 0.141 e. The lowest BCUT2D eigenvalue weighted by Gasteiger charge is -2.02. The standard InChI is InChI=1S/C12H14N4/c1-9(14)7-10-8-16(6-4-13)12-11(10)3-2-5-15-12/h2-3,5,8-9H,6-7,14H2,1H3. The van der Waals surface area contributed by atoms with Gasteiger partial charge in [-0.15, -0.1) is 0 Å². The highest BCUT2D eigenvalue weighted by atomic mass is 15.0. The van der Waals surface area contributed by atoms with Crippen LogP contribution in [0.3, 0.4) is 0 Å². The Morgan fingerprint density at radius 1 is 1.62 bits per heavy atom. The fraction of sp³-hybridized carbons (Fsp3) is 0.333.